The lowest BCUT2D eigenvalue weighted by Crippen LogP contribution is -2.65. The standard InChI is InChI=1S/C20H28N4O6S/c1-5-23(4)14(2)7-6-12-30-16-8-10-17(11-9-16)31(28,29)24-13-18(25)21-15(3)19(24)20(26)22-27/h8-11,14-15,19,27H,5,12-13H2,1-4H3,(H,21,25)(H,22,26). The van der Waals surface area contributed by atoms with E-state index in [-0.39, 0.29) is 17.5 Å². The number of hydroxylamine groups is 1. The van der Waals surface area contributed by atoms with Crippen LogP contribution in [0, 0.1) is 11.8 Å². The molecule has 1 saturated heterocycles. The van der Waals surface area contributed by atoms with E-state index in [0.29, 0.717) is 5.75 Å². The molecule has 0 aromatic heterocycles. The van der Waals surface area contributed by atoms with Crippen molar-refractivity contribution in [3.63, 3.8) is 0 Å². The van der Waals surface area contributed by atoms with Crippen molar-refractivity contribution in [3.8, 4) is 17.6 Å². The highest BCUT2D eigenvalue weighted by atomic mass is 32.2. The number of carbonyl (C=O) groups excluding carboxylic acids is 2. The summed E-state index contributed by atoms with van der Waals surface area (Å²) >= 11 is 0. The zero-order valence-electron chi connectivity index (χ0n) is 18.0. The molecule has 2 amide bonds. The van der Waals surface area contributed by atoms with Crippen molar-refractivity contribution in [2.75, 3.05) is 26.7 Å². The summed E-state index contributed by atoms with van der Waals surface area (Å²) in [5.74, 6) is 4.95. The highest BCUT2D eigenvalue weighted by molar-refractivity contribution is 7.89. The number of hydrogen-bond acceptors (Lipinski definition) is 7. The Bertz CT molecular complexity index is 954. The first-order valence-corrected chi connectivity index (χ1v) is 11.2. The lowest BCUT2D eigenvalue weighted by molar-refractivity contribution is -0.137. The van der Waals surface area contributed by atoms with Crippen LogP contribution < -0.4 is 15.5 Å². The van der Waals surface area contributed by atoms with Gasteiger partial charge in [0.1, 0.15) is 18.4 Å². The molecule has 1 heterocycles. The molecule has 10 nitrogen and oxygen atoms in total. The number of ether oxygens (including phenoxy) is 1. The Kier molecular flexibility index (Phi) is 8.41. The van der Waals surface area contributed by atoms with Crippen LogP contribution in [0.25, 0.3) is 0 Å². The summed E-state index contributed by atoms with van der Waals surface area (Å²) in [6.07, 6.45) is 0. The molecule has 0 aliphatic carbocycles. The van der Waals surface area contributed by atoms with Crippen LogP contribution in [0.3, 0.4) is 0 Å². The molecule has 1 aliphatic rings. The molecule has 170 valence electrons. The van der Waals surface area contributed by atoms with Crippen molar-refractivity contribution in [2.24, 2.45) is 0 Å². The van der Waals surface area contributed by atoms with Crippen LogP contribution in [-0.4, -0.2) is 79.5 Å². The predicted molar refractivity (Wildman–Crippen MR) is 113 cm³/mol. The number of piperazine rings is 1. The first-order chi connectivity index (χ1) is 14.6. The summed E-state index contributed by atoms with van der Waals surface area (Å²) in [7, 11) is -2.21. The zero-order valence-corrected chi connectivity index (χ0v) is 18.8. The molecule has 31 heavy (non-hydrogen) atoms. The molecular formula is C20H28N4O6S. The SMILES string of the molecule is CCN(C)C(C)C#CCOc1ccc(S(=O)(=O)N2CC(=O)NC(C)C2C(=O)NO)cc1. The minimum absolute atomic E-state index is 0.0920. The number of nitrogens with zero attached hydrogens (tertiary/aromatic N) is 2. The zero-order chi connectivity index (χ0) is 23.2. The molecule has 3 N–H and O–H groups in total. The molecular weight excluding hydrogens is 424 g/mol. The molecule has 0 saturated carbocycles. The Morgan fingerprint density at radius 3 is 2.65 bits per heavy atom. The Morgan fingerprint density at radius 1 is 1.42 bits per heavy atom. The van der Waals surface area contributed by atoms with Gasteiger partial charge in [-0.15, -0.1) is 0 Å². The Morgan fingerprint density at radius 2 is 2.06 bits per heavy atom. The molecule has 0 spiro atoms. The van der Waals surface area contributed by atoms with Gasteiger partial charge in [-0.1, -0.05) is 18.8 Å². The van der Waals surface area contributed by atoms with E-state index in [0.717, 1.165) is 10.8 Å². The summed E-state index contributed by atoms with van der Waals surface area (Å²) in [5, 5.41) is 11.5. The lowest BCUT2D eigenvalue weighted by Gasteiger charge is -2.37. The van der Waals surface area contributed by atoms with Crippen molar-refractivity contribution >= 4 is 21.8 Å². The van der Waals surface area contributed by atoms with Crippen LogP contribution in [0.2, 0.25) is 0 Å². The average molecular weight is 453 g/mol. The van der Waals surface area contributed by atoms with E-state index in [1.54, 1.807) is 0 Å². The van der Waals surface area contributed by atoms with Gasteiger partial charge >= 0.3 is 0 Å². The summed E-state index contributed by atoms with van der Waals surface area (Å²) in [6.45, 7) is 6.00. The minimum Gasteiger partial charge on any atom is -0.481 e. The van der Waals surface area contributed by atoms with E-state index in [1.165, 1.54) is 36.7 Å². The van der Waals surface area contributed by atoms with E-state index >= 15 is 0 Å². The van der Waals surface area contributed by atoms with E-state index in [4.69, 9.17) is 9.94 Å². The van der Waals surface area contributed by atoms with Gasteiger partial charge in [0.15, 0.2) is 0 Å². The maximum atomic E-state index is 13.1. The van der Waals surface area contributed by atoms with Gasteiger partial charge in [-0.05, 0) is 51.7 Å². The molecule has 3 atom stereocenters. The van der Waals surface area contributed by atoms with Crippen LogP contribution in [0.4, 0.5) is 0 Å². The van der Waals surface area contributed by atoms with Gasteiger partial charge in [-0.3, -0.25) is 19.7 Å². The number of rotatable bonds is 7. The number of hydrogen-bond donors (Lipinski definition) is 3. The van der Waals surface area contributed by atoms with Crippen molar-refractivity contribution in [3.05, 3.63) is 24.3 Å². The number of nitrogens with one attached hydrogen (secondary N) is 2. The maximum Gasteiger partial charge on any atom is 0.263 e. The van der Waals surface area contributed by atoms with Crippen LogP contribution in [0.1, 0.15) is 20.8 Å². The molecule has 1 aromatic carbocycles. The third-order valence-corrected chi connectivity index (χ3v) is 6.90. The fourth-order valence-electron chi connectivity index (χ4n) is 3.06. The van der Waals surface area contributed by atoms with E-state index in [9.17, 15) is 18.0 Å². The fourth-order valence-corrected chi connectivity index (χ4v) is 4.68. The monoisotopic (exact) mass is 452 g/mol. The molecule has 11 heteroatoms. The molecule has 2 rings (SSSR count). The first-order valence-electron chi connectivity index (χ1n) is 9.78. The van der Waals surface area contributed by atoms with E-state index < -0.39 is 40.5 Å². The number of sulfonamides is 1. The maximum absolute atomic E-state index is 13.1. The molecule has 0 bridgehead atoms. The highest BCUT2D eigenvalue weighted by Gasteiger charge is 2.44. The van der Waals surface area contributed by atoms with Crippen molar-refractivity contribution in [1.29, 1.82) is 0 Å². The van der Waals surface area contributed by atoms with E-state index in [1.807, 2.05) is 20.9 Å². The first kappa shape index (κ1) is 24.6. The van der Waals surface area contributed by atoms with Crippen LogP contribution >= 0.6 is 0 Å². The normalized spacial score (nSPS) is 20.4. The van der Waals surface area contributed by atoms with Gasteiger partial charge < -0.3 is 10.1 Å². The summed E-state index contributed by atoms with van der Waals surface area (Å²) in [5.41, 5.74) is 1.46. The third kappa shape index (κ3) is 5.95. The van der Waals surface area contributed by atoms with Crippen LogP contribution in [0.15, 0.2) is 29.2 Å². The van der Waals surface area contributed by atoms with E-state index in [2.05, 4.69) is 22.1 Å². The average Bonchev–Trinajstić information content (AvgIpc) is 2.75. The molecule has 3 unspecified atom stereocenters. The second-order valence-corrected chi connectivity index (χ2v) is 9.05. The third-order valence-electron chi connectivity index (χ3n) is 5.06. The summed E-state index contributed by atoms with van der Waals surface area (Å²) in [6, 6.07) is 3.60. The second kappa shape index (κ2) is 10.6. The Labute approximate surface area is 182 Å². The van der Waals surface area contributed by atoms with Gasteiger partial charge in [-0.25, -0.2) is 13.9 Å². The van der Waals surface area contributed by atoms with Crippen LogP contribution in [0.5, 0.6) is 5.75 Å². The van der Waals surface area contributed by atoms with Crippen LogP contribution in [-0.2, 0) is 19.6 Å². The largest absolute Gasteiger partial charge is 0.481 e. The number of carbonyl (C=O) groups is 2. The lowest BCUT2D eigenvalue weighted by atomic mass is 10.1. The fraction of sp³-hybridized carbons (Fsp3) is 0.500. The van der Waals surface area contributed by atoms with Gasteiger partial charge in [0.05, 0.1) is 23.5 Å². The summed E-state index contributed by atoms with van der Waals surface area (Å²) < 4.78 is 32.4. The van der Waals surface area contributed by atoms with Crippen molar-refractivity contribution < 1.29 is 28.0 Å². The topological polar surface area (TPSA) is 128 Å². The quantitative estimate of drug-likeness (QED) is 0.297. The second-order valence-electron chi connectivity index (χ2n) is 7.16. The van der Waals surface area contributed by atoms with Gasteiger partial charge in [0, 0.05) is 0 Å². The van der Waals surface area contributed by atoms with Crippen molar-refractivity contribution in [2.45, 2.75) is 43.8 Å². The van der Waals surface area contributed by atoms with Crippen molar-refractivity contribution in [1.82, 2.24) is 20.0 Å². The molecule has 1 aliphatic heterocycles. The summed E-state index contributed by atoms with van der Waals surface area (Å²) in [4.78, 5) is 25.9. The smallest absolute Gasteiger partial charge is 0.263 e. The minimum atomic E-state index is -4.19. The van der Waals surface area contributed by atoms with Gasteiger partial charge in [0.2, 0.25) is 15.9 Å². The van der Waals surface area contributed by atoms with Gasteiger partial charge in [0.25, 0.3) is 5.91 Å². The number of amides is 2. The molecule has 1 fully saturated rings. The Hall–Kier alpha value is -2.65. The molecule has 0 radical (unpaired) electrons. The number of benzene rings is 1. The highest BCUT2D eigenvalue weighted by Crippen LogP contribution is 2.24. The van der Waals surface area contributed by atoms with Gasteiger partial charge in [-0.2, -0.15) is 4.31 Å². The predicted octanol–water partition coefficient (Wildman–Crippen LogP) is -0.208. The Balaban J connectivity index is 2.14. The molecule has 1 aromatic rings.